The van der Waals surface area contributed by atoms with Gasteiger partial charge in [-0.15, -0.1) is 11.3 Å². The molecule has 0 aliphatic rings. The Balaban J connectivity index is 1.87. The van der Waals surface area contributed by atoms with E-state index in [2.05, 4.69) is 15.0 Å². The Morgan fingerprint density at radius 2 is 1.92 bits per heavy atom. The number of carbonyl (C=O) groups excluding carboxylic acids is 2. The maximum absolute atomic E-state index is 12.2. The predicted molar refractivity (Wildman–Crippen MR) is 87.6 cm³/mol. The number of carbonyl (C=O) groups is 2. The third-order valence-corrected chi connectivity index (χ3v) is 4.06. The molecule has 3 rings (SSSR count). The molecule has 0 atom stereocenters. The molecule has 122 valence electrons. The SMILES string of the molecule is CCOC(=O)COC(=O)c1nccnc1-c1nc2ccccc2s1. The van der Waals surface area contributed by atoms with Gasteiger partial charge in [0.15, 0.2) is 12.3 Å². The molecule has 2 aromatic heterocycles. The average Bonchev–Trinajstić information content (AvgIpc) is 3.04. The number of nitrogens with zero attached hydrogens (tertiary/aromatic N) is 3. The van der Waals surface area contributed by atoms with Crippen molar-refractivity contribution in [3.8, 4) is 10.7 Å². The second-order valence-corrected chi connectivity index (χ2v) is 5.65. The van der Waals surface area contributed by atoms with Crippen LogP contribution < -0.4 is 0 Å². The molecule has 0 unspecified atom stereocenters. The van der Waals surface area contributed by atoms with E-state index in [1.807, 2.05) is 24.3 Å². The minimum atomic E-state index is -0.745. The molecule has 0 saturated carbocycles. The molecule has 1 aromatic carbocycles. The smallest absolute Gasteiger partial charge is 0.359 e. The molecule has 8 heteroatoms. The number of para-hydroxylation sites is 1. The molecule has 0 saturated heterocycles. The number of rotatable bonds is 5. The van der Waals surface area contributed by atoms with Crippen molar-refractivity contribution in [2.45, 2.75) is 6.92 Å². The monoisotopic (exact) mass is 343 g/mol. The van der Waals surface area contributed by atoms with Crippen LogP contribution in [0.25, 0.3) is 20.9 Å². The summed E-state index contributed by atoms with van der Waals surface area (Å²) in [4.78, 5) is 36.2. The van der Waals surface area contributed by atoms with Gasteiger partial charge in [0.05, 0.1) is 16.8 Å². The summed E-state index contributed by atoms with van der Waals surface area (Å²) < 4.78 is 10.6. The fourth-order valence-electron chi connectivity index (χ4n) is 2.01. The van der Waals surface area contributed by atoms with Gasteiger partial charge in [-0.25, -0.2) is 24.5 Å². The molecule has 0 fully saturated rings. The second-order valence-electron chi connectivity index (χ2n) is 4.62. The summed E-state index contributed by atoms with van der Waals surface area (Å²) >= 11 is 1.40. The number of thiazole rings is 1. The molecule has 24 heavy (non-hydrogen) atoms. The van der Waals surface area contributed by atoms with Gasteiger partial charge in [0.25, 0.3) is 0 Å². The van der Waals surface area contributed by atoms with Crippen LogP contribution in [0.4, 0.5) is 0 Å². The second kappa shape index (κ2) is 7.14. The Labute approximate surface area is 141 Å². The summed E-state index contributed by atoms with van der Waals surface area (Å²) in [5, 5.41) is 0.562. The number of hydrogen-bond donors (Lipinski definition) is 0. The highest BCUT2D eigenvalue weighted by molar-refractivity contribution is 7.21. The molecule has 0 N–H and O–H groups in total. The van der Waals surface area contributed by atoms with Gasteiger partial charge < -0.3 is 9.47 Å². The van der Waals surface area contributed by atoms with Crippen LogP contribution in [0.2, 0.25) is 0 Å². The largest absolute Gasteiger partial charge is 0.463 e. The van der Waals surface area contributed by atoms with Gasteiger partial charge in [-0.3, -0.25) is 0 Å². The van der Waals surface area contributed by atoms with Crippen molar-refractivity contribution in [3.05, 3.63) is 42.4 Å². The van der Waals surface area contributed by atoms with Crippen molar-refractivity contribution < 1.29 is 19.1 Å². The Bertz CT molecular complexity index is 861. The third kappa shape index (κ3) is 3.38. The summed E-state index contributed by atoms with van der Waals surface area (Å²) in [6.07, 6.45) is 2.86. The lowest BCUT2D eigenvalue weighted by Crippen LogP contribution is -2.18. The maximum atomic E-state index is 12.2. The van der Waals surface area contributed by atoms with Gasteiger partial charge in [-0.05, 0) is 19.1 Å². The predicted octanol–water partition coefficient (Wildman–Crippen LogP) is 2.47. The first-order valence-electron chi connectivity index (χ1n) is 7.18. The summed E-state index contributed by atoms with van der Waals surface area (Å²) in [7, 11) is 0. The van der Waals surface area contributed by atoms with Crippen molar-refractivity contribution in [1.29, 1.82) is 0 Å². The summed E-state index contributed by atoms with van der Waals surface area (Å²) in [6, 6.07) is 7.61. The van der Waals surface area contributed by atoms with E-state index in [1.54, 1.807) is 6.92 Å². The number of ether oxygens (including phenoxy) is 2. The molecule has 0 spiro atoms. The van der Waals surface area contributed by atoms with Crippen LogP contribution in [0, 0.1) is 0 Å². The first kappa shape index (κ1) is 16.0. The summed E-state index contributed by atoms with van der Waals surface area (Å²) in [5.74, 6) is -1.36. The fraction of sp³-hybridized carbons (Fsp3) is 0.188. The van der Waals surface area contributed by atoms with Crippen LogP contribution in [0.5, 0.6) is 0 Å². The van der Waals surface area contributed by atoms with Crippen LogP contribution in [0.1, 0.15) is 17.4 Å². The Kier molecular flexibility index (Phi) is 4.76. The molecular formula is C16H13N3O4S. The van der Waals surface area contributed by atoms with Crippen LogP contribution in [0.3, 0.4) is 0 Å². The fourth-order valence-corrected chi connectivity index (χ4v) is 2.98. The van der Waals surface area contributed by atoms with E-state index in [4.69, 9.17) is 9.47 Å². The van der Waals surface area contributed by atoms with E-state index < -0.39 is 18.5 Å². The lowest BCUT2D eigenvalue weighted by atomic mass is 10.3. The van der Waals surface area contributed by atoms with Crippen molar-refractivity contribution >= 4 is 33.5 Å². The first-order chi connectivity index (χ1) is 11.7. The number of esters is 2. The zero-order valence-corrected chi connectivity index (χ0v) is 13.6. The Hall–Kier alpha value is -2.87. The van der Waals surface area contributed by atoms with Gasteiger partial charge in [0.1, 0.15) is 10.7 Å². The maximum Gasteiger partial charge on any atom is 0.359 e. The number of hydrogen-bond acceptors (Lipinski definition) is 8. The third-order valence-electron chi connectivity index (χ3n) is 3.01. The number of benzene rings is 1. The molecule has 0 radical (unpaired) electrons. The highest BCUT2D eigenvalue weighted by atomic mass is 32.1. The zero-order valence-electron chi connectivity index (χ0n) is 12.8. The first-order valence-corrected chi connectivity index (χ1v) is 8.00. The Morgan fingerprint density at radius 1 is 1.12 bits per heavy atom. The van der Waals surface area contributed by atoms with E-state index in [9.17, 15) is 9.59 Å². The van der Waals surface area contributed by atoms with Crippen LogP contribution >= 0.6 is 11.3 Å². The molecule has 0 bridgehead atoms. The van der Waals surface area contributed by atoms with Gasteiger partial charge in [0.2, 0.25) is 0 Å². The van der Waals surface area contributed by atoms with Gasteiger partial charge in [-0.1, -0.05) is 12.1 Å². The van der Waals surface area contributed by atoms with Crippen LogP contribution in [0.15, 0.2) is 36.7 Å². The number of aromatic nitrogens is 3. The van der Waals surface area contributed by atoms with Gasteiger partial charge >= 0.3 is 11.9 Å². The molecule has 0 aliphatic carbocycles. The van der Waals surface area contributed by atoms with E-state index in [0.717, 1.165) is 10.2 Å². The Morgan fingerprint density at radius 3 is 2.71 bits per heavy atom. The standard InChI is InChI=1S/C16H13N3O4S/c1-2-22-12(20)9-23-16(21)14-13(17-7-8-18-14)15-19-10-5-3-4-6-11(10)24-15/h3-8H,2,9H2,1H3. The minimum Gasteiger partial charge on any atom is -0.463 e. The molecular weight excluding hydrogens is 330 g/mol. The number of fused-ring (bicyclic) bond motifs is 1. The minimum absolute atomic E-state index is 0.0147. The molecule has 3 aromatic rings. The van der Waals surface area contributed by atoms with Crippen molar-refractivity contribution in [2.24, 2.45) is 0 Å². The highest BCUT2D eigenvalue weighted by Gasteiger charge is 2.21. The quantitative estimate of drug-likeness (QED) is 0.657. The average molecular weight is 343 g/mol. The lowest BCUT2D eigenvalue weighted by molar-refractivity contribution is -0.146. The molecule has 2 heterocycles. The van der Waals surface area contributed by atoms with Gasteiger partial charge in [0, 0.05) is 12.4 Å². The van der Waals surface area contributed by atoms with E-state index >= 15 is 0 Å². The molecule has 0 aliphatic heterocycles. The van der Waals surface area contributed by atoms with Crippen molar-refractivity contribution in [3.63, 3.8) is 0 Å². The highest BCUT2D eigenvalue weighted by Crippen LogP contribution is 2.30. The van der Waals surface area contributed by atoms with Gasteiger partial charge in [-0.2, -0.15) is 0 Å². The van der Waals surface area contributed by atoms with E-state index in [1.165, 1.54) is 23.7 Å². The van der Waals surface area contributed by atoms with E-state index in [0.29, 0.717) is 10.7 Å². The van der Waals surface area contributed by atoms with Crippen molar-refractivity contribution in [2.75, 3.05) is 13.2 Å². The summed E-state index contributed by atoms with van der Waals surface area (Å²) in [5.41, 5.74) is 1.16. The zero-order chi connectivity index (χ0) is 16.9. The summed E-state index contributed by atoms with van der Waals surface area (Å²) in [6.45, 7) is 1.43. The molecule has 0 amide bonds. The molecule has 7 nitrogen and oxygen atoms in total. The topological polar surface area (TPSA) is 91.3 Å². The normalized spacial score (nSPS) is 10.5. The lowest BCUT2D eigenvalue weighted by Gasteiger charge is -2.06. The van der Waals surface area contributed by atoms with Crippen LogP contribution in [-0.2, 0) is 14.3 Å². The van der Waals surface area contributed by atoms with Crippen molar-refractivity contribution in [1.82, 2.24) is 15.0 Å². The van der Waals surface area contributed by atoms with E-state index in [-0.39, 0.29) is 12.3 Å². The van der Waals surface area contributed by atoms with Crippen LogP contribution in [-0.4, -0.2) is 40.1 Å².